The zero-order valence-electron chi connectivity index (χ0n) is 22.3. The molecular weight excluding hydrogens is 563 g/mol. The SMILES string of the molecule is CC(=O)OCC1OC(S[As](C2CCCCC2)C2CCCCC2)C(OC(C)=O)C(OC(C)=O)C1OC(C)=O. The fourth-order valence-corrected chi connectivity index (χ4v) is 18.5. The monoisotopic (exact) mass is 604 g/mol. The first-order valence-corrected chi connectivity index (χ1v) is 18.7. The predicted octanol–water partition coefficient (Wildman–Crippen LogP) is 4.46. The minimum absolute atomic E-state index is 0.172. The first kappa shape index (κ1) is 30.3. The summed E-state index contributed by atoms with van der Waals surface area (Å²) in [6.45, 7) is 4.92. The molecule has 0 aromatic rings. The Morgan fingerprint density at radius 1 is 0.676 bits per heavy atom. The van der Waals surface area contributed by atoms with Crippen LogP contribution in [-0.2, 0) is 42.9 Å². The van der Waals surface area contributed by atoms with Gasteiger partial charge in [0, 0.05) is 0 Å². The molecule has 3 fully saturated rings. The minimum atomic E-state index is -1.58. The van der Waals surface area contributed by atoms with Crippen molar-refractivity contribution < 1.29 is 42.9 Å². The topological polar surface area (TPSA) is 114 Å². The molecule has 0 radical (unpaired) electrons. The summed E-state index contributed by atoms with van der Waals surface area (Å²) in [6.07, 6.45) is 8.38. The van der Waals surface area contributed by atoms with Crippen molar-refractivity contribution in [1.82, 2.24) is 0 Å². The van der Waals surface area contributed by atoms with Crippen LogP contribution in [0.4, 0.5) is 0 Å². The Morgan fingerprint density at radius 2 is 1.14 bits per heavy atom. The Hall–Kier alpha value is -1.25. The number of ether oxygens (including phenoxy) is 5. The summed E-state index contributed by atoms with van der Waals surface area (Å²) < 4.78 is 30.0. The summed E-state index contributed by atoms with van der Waals surface area (Å²) in [4.78, 5) is 48.0. The summed E-state index contributed by atoms with van der Waals surface area (Å²) in [5, 5.41) is 0. The summed E-state index contributed by atoms with van der Waals surface area (Å²) in [6, 6.07) is 0. The van der Waals surface area contributed by atoms with Crippen LogP contribution in [0.5, 0.6) is 0 Å². The Bertz CT molecular complexity index is 779. The van der Waals surface area contributed by atoms with Crippen LogP contribution in [0.2, 0.25) is 9.41 Å². The van der Waals surface area contributed by atoms with Crippen molar-refractivity contribution >= 4 is 47.4 Å². The number of hydrogen-bond acceptors (Lipinski definition) is 10. The maximum absolute atomic E-state index is 12.2. The van der Waals surface area contributed by atoms with Gasteiger partial charge in [-0.15, -0.1) is 0 Å². The fourth-order valence-electron chi connectivity index (χ4n) is 5.53. The molecule has 0 aromatic heterocycles. The molecule has 0 aromatic carbocycles. The zero-order chi connectivity index (χ0) is 26.9. The van der Waals surface area contributed by atoms with Crippen molar-refractivity contribution in [2.24, 2.45) is 0 Å². The molecule has 37 heavy (non-hydrogen) atoms. The van der Waals surface area contributed by atoms with Crippen molar-refractivity contribution in [2.75, 3.05) is 6.61 Å². The number of esters is 4. The normalized spacial score (nSPS) is 29.4. The molecular formula is C26H41AsO9S. The Morgan fingerprint density at radius 3 is 1.59 bits per heavy atom. The van der Waals surface area contributed by atoms with Crippen LogP contribution >= 0.6 is 10.0 Å². The van der Waals surface area contributed by atoms with Gasteiger partial charge in [0.1, 0.15) is 0 Å². The van der Waals surface area contributed by atoms with Gasteiger partial charge in [0.2, 0.25) is 0 Å². The molecule has 0 spiro atoms. The van der Waals surface area contributed by atoms with Gasteiger partial charge in [0.25, 0.3) is 0 Å². The third kappa shape index (κ3) is 9.17. The van der Waals surface area contributed by atoms with Gasteiger partial charge >= 0.3 is 228 Å². The van der Waals surface area contributed by atoms with E-state index in [0.29, 0.717) is 9.41 Å². The van der Waals surface area contributed by atoms with E-state index in [-0.39, 0.29) is 6.61 Å². The molecule has 3 aliphatic rings. The molecule has 1 heterocycles. The summed E-state index contributed by atoms with van der Waals surface area (Å²) in [7, 11) is 1.79. The van der Waals surface area contributed by atoms with Crippen LogP contribution < -0.4 is 0 Å². The third-order valence-corrected chi connectivity index (χ3v) is 19.0. The zero-order valence-corrected chi connectivity index (χ0v) is 25.0. The van der Waals surface area contributed by atoms with E-state index in [1.165, 1.54) is 91.9 Å². The average molecular weight is 605 g/mol. The molecule has 3 rings (SSSR count). The van der Waals surface area contributed by atoms with Gasteiger partial charge in [-0.3, -0.25) is 0 Å². The van der Waals surface area contributed by atoms with Crippen molar-refractivity contribution in [1.29, 1.82) is 0 Å². The number of rotatable bonds is 9. The Labute approximate surface area is 227 Å². The van der Waals surface area contributed by atoms with Crippen LogP contribution in [0, 0.1) is 0 Å². The van der Waals surface area contributed by atoms with Gasteiger partial charge in [-0.25, -0.2) is 0 Å². The van der Waals surface area contributed by atoms with Crippen LogP contribution in [0.25, 0.3) is 0 Å². The molecule has 0 N–H and O–H groups in total. The van der Waals surface area contributed by atoms with Crippen LogP contribution in [0.1, 0.15) is 91.9 Å². The molecule has 9 nitrogen and oxygen atoms in total. The van der Waals surface area contributed by atoms with E-state index < -0.39 is 67.2 Å². The molecule has 11 heteroatoms. The van der Waals surface area contributed by atoms with E-state index in [9.17, 15) is 19.2 Å². The number of carbonyl (C=O) groups excluding carboxylic acids is 4. The van der Waals surface area contributed by atoms with Crippen molar-refractivity contribution in [2.45, 2.75) is 131 Å². The van der Waals surface area contributed by atoms with E-state index in [1.54, 1.807) is 10.0 Å². The van der Waals surface area contributed by atoms with Crippen LogP contribution in [-0.4, -0.2) is 73.8 Å². The quantitative estimate of drug-likeness (QED) is 0.212. The van der Waals surface area contributed by atoms with Gasteiger partial charge in [-0.05, 0) is 0 Å². The van der Waals surface area contributed by atoms with Crippen molar-refractivity contribution in [3.8, 4) is 0 Å². The Balaban J connectivity index is 1.95. The molecule has 5 unspecified atom stereocenters. The molecule has 5 atom stereocenters. The molecule has 2 saturated carbocycles. The number of hydrogen-bond donors (Lipinski definition) is 0. The second kappa shape index (κ2) is 14.8. The average Bonchev–Trinajstić information content (AvgIpc) is 2.85. The summed E-state index contributed by atoms with van der Waals surface area (Å²) >= 11 is -1.58. The molecule has 1 aliphatic heterocycles. The summed E-state index contributed by atoms with van der Waals surface area (Å²) in [5.74, 6) is -2.24. The number of carbonyl (C=O) groups is 4. The van der Waals surface area contributed by atoms with Crippen molar-refractivity contribution in [3.05, 3.63) is 0 Å². The maximum atomic E-state index is 12.2. The standard InChI is InChI=1S/C26H41AsO9S/c1-16(28)32-15-22-23(33-17(2)29)24(34-18(3)30)25(35-19(4)31)26(36-22)37-27(20-11-7-5-8-12-20)21-13-9-6-10-14-21/h20-26H,5-15H2,1-4H3. The van der Waals surface area contributed by atoms with Crippen molar-refractivity contribution in [3.63, 3.8) is 0 Å². The van der Waals surface area contributed by atoms with Crippen LogP contribution in [0.3, 0.4) is 0 Å². The van der Waals surface area contributed by atoms with E-state index in [2.05, 4.69) is 0 Å². The van der Waals surface area contributed by atoms with E-state index in [0.717, 1.165) is 0 Å². The Kier molecular flexibility index (Phi) is 12.1. The summed E-state index contributed by atoms with van der Waals surface area (Å²) in [5.41, 5.74) is -0.621. The third-order valence-electron chi connectivity index (χ3n) is 7.04. The second-order valence-corrected chi connectivity index (χ2v) is 18.9. The fraction of sp³-hybridized carbons (Fsp3) is 0.846. The van der Waals surface area contributed by atoms with Gasteiger partial charge in [0.05, 0.1) is 0 Å². The van der Waals surface area contributed by atoms with E-state index in [1.807, 2.05) is 0 Å². The van der Waals surface area contributed by atoms with Gasteiger partial charge < -0.3 is 0 Å². The molecule has 0 bridgehead atoms. The van der Waals surface area contributed by atoms with Gasteiger partial charge in [0.15, 0.2) is 0 Å². The van der Waals surface area contributed by atoms with E-state index >= 15 is 0 Å². The molecule has 210 valence electrons. The molecule has 2 aliphatic carbocycles. The molecule has 1 saturated heterocycles. The first-order chi connectivity index (χ1) is 17.7. The molecule has 0 amide bonds. The van der Waals surface area contributed by atoms with E-state index in [4.69, 9.17) is 23.7 Å². The van der Waals surface area contributed by atoms with Gasteiger partial charge in [-0.1, -0.05) is 0 Å². The van der Waals surface area contributed by atoms with Crippen LogP contribution in [0.15, 0.2) is 0 Å². The first-order valence-electron chi connectivity index (χ1n) is 13.4. The van der Waals surface area contributed by atoms with Gasteiger partial charge in [-0.2, -0.15) is 0 Å². The second-order valence-electron chi connectivity index (χ2n) is 10.1. The predicted molar refractivity (Wildman–Crippen MR) is 139 cm³/mol.